The predicted octanol–water partition coefficient (Wildman–Crippen LogP) is 0.992. The highest BCUT2D eigenvalue weighted by atomic mass is 32.1. The van der Waals surface area contributed by atoms with Crippen molar-refractivity contribution >= 4 is 17.3 Å². The lowest BCUT2D eigenvalue weighted by Crippen LogP contribution is -2.45. The standard InChI is InChI=1S/C9H18N2OS/c1-3-10-9(13)11-6-4-8(12-2)5-7-11/h8H,3-7H2,1-2H3,(H,10,13). The van der Waals surface area contributed by atoms with Crippen molar-refractivity contribution in [3.05, 3.63) is 0 Å². The number of thiocarbonyl (C=S) groups is 1. The van der Waals surface area contributed by atoms with Gasteiger partial charge in [0.05, 0.1) is 6.10 Å². The molecule has 13 heavy (non-hydrogen) atoms. The van der Waals surface area contributed by atoms with Crippen LogP contribution in [0.25, 0.3) is 0 Å². The smallest absolute Gasteiger partial charge is 0.168 e. The maximum atomic E-state index is 5.29. The quantitative estimate of drug-likeness (QED) is 0.675. The molecule has 0 radical (unpaired) electrons. The number of nitrogens with one attached hydrogen (secondary N) is 1. The summed E-state index contributed by atoms with van der Waals surface area (Å²) in [6, 6.07) is 0. The number of likely N-dealkylation sites (tertiary alicyclic amines) is 1. The second-order valence-electron chi connectivity index (χ2n) is 3.26. The Hall–Kier alpha value is -0.350. The Labute approximate surface area is 85.4 Å². The van der Waals surface area contributed by atoms with Crippen LogP contribution in [0.1, 0.15) is 19.8 Å². The fourth-order valence-corrected chi connectivity index (χ4v) is 1.88. The Morgan fingerprint density at radius 1 is 1.54 bits per heavy atom. The molecule has 0 saturated carbocycles. The first-order chi connectivity index (χ1) is 6.27. The van der Waals surface area contributed by atoms with Gasteiger partial charge in [-0.3, -0.25) is 0 Å². The molecule has 1 aliphatic heterocycles. The molecule has 3 nitrogen and oxygen atoms in total. The lowest BCUT2D eigenvalue weighted by molar-refractivity contribution is 0.0577. The van der Waals surface area contributed by atoms with Crippen LogP contribution >= 0.6 is 12.2 Å². The lowest BCUT2D eigenvalue weighted by Gasteiger charge is -2.33. The van der Waals surface area contributed by atoms with Gasteiger partial charge in [-0.2, -0.15) is 0 Å². The van der Waals surface area contributed by atoms with Crippen LogP contribution in [0.15, 0.2) is 0 Å². The molecule has 0 aromatic heterocycles. The third-order valence-electron chi connectivity index (χ3n) is 2.39. The molecule has 1 aliphatic rings. The van der Waals surface area contributed by atoms with Crippen molar-refractivity contribution in [1.29, 1.82) is 0 Å². The highest BCUT2D eigenvalue weighted by Crippen LogP contribution is 2.12. The maximum absolute atomic E-state index is 5.29. The van der Waals surface area contributed by atoms with E-state index in [4.69, 9.17) is 17.0 Å². The molecule has 0 aromatic carbocycles. The van der Waals surface area contributed by atoms with E-state index in [0.717, 1.165) is 37.6 Å². The summed E-state index contributed by atoms with van der Waals surface area (Å²) in [7, 11) is 1.78. The van der Waals surface area contributed by atoms with Crippen molar-refractivity contribution in [3.63, 3.8) is 0 Å². The third-order valence-corrected chi connectivity index (χ3v) is 2.79. The number of hydrogen-bond donors (Lipinski definition) is 1. The van der Waals surface area contributed by atoms with Gasteiger partial charge in [0.2, 0.25) is 0 Å². The Bertz CT molecular complexity index is 167. The van der Waals surface area contributed by atoms with E-state index in [-0.39, 0.29) is 0 Å². The summed E-state index contributed by atoms with van der Waals surface area (Å²) in [5, 5.41) is 4.05. The topological polar surface area (TPSA) is 24.5 Å². The number of hydrogen-bond acceptors (Lipinski definition) is 2. The van der Waals surface area contributed by atoms with Gasteiger partial charge in [-0.25, -0.2) is 0 Å². The maximum Gasteiger partial charge on any atom is 0.168 e. The lowest BCUT2D eigenvalue weighted by atomic mass is 10.1. The zero-order valence-electron chi connectivity index (χ0n) is 8.38. The van der Waals surface area contributed by atoms with Crippen LogP contribution in [0.2, 0.25) is 0 Å². The van der Waals surface area contributed by atoms with E-state index in [1.807, 2.05) is 0 Å². The zero-order valence-corrected chi connectivity index (χ0v) is 9.19. The van der Waals surface area contributed by atoms with Crippen LogP contribution in [0.5, 0.6) is 0 Å². The van der Waals surface area contributed by atoms with Crippen LogP contribution in [0.3, 0.4) is 0 Å². The second kappa shape index (κ2) is 5.40. The van der Waals surface area contributed by atoms with E-state index in [1.54, 1.807) is 7.11 Å². The Morgan fingerprint density at radius 3 is 2.62 bits per heavy atom. The number of piperidine rings is 1. The molecule has 0 atom stereocenters. The summed E-state index contributed by atoms with van der Waals surface area (Å²) in [6.45, 7) is 5.01. The average molecular weight is 202 g/mol. The van der Waals surface area contributed by atoms with Gasteiger partial charge in [-0.15, -0.1) is 0 Å². The van der Waals surface area contributed by atoms with Crippen LogP contribution in [-0.4, -0.2) is 42.9 Å². The minimum absolute atomic E-state index is 0.431. The number of ether oxygens (including phenoxy) is 1. The molecule has 0 aliphatic carbocycles. The minimum atomic E-state index is 0.431. The van der Waals surface area contributed by atoms with Crippen molar-refractivity contribution in [3.8, 4) is 0 Å². The molecule has 4 heteroatoms. The summed E-state index contributed by atoms with van der Waals surface area (Å²) in [5.74, 6) is 0. The van der Waals surface area contributed by atoms with Gasteiger partial charge < -0.3 is 15.0 Å². The van der Waals surface area contributed by atoms with E-state index >= 15 is 0 Å². The van der Waals surface area contributed by atoms with Gasteiger partial charge in [0, 0.05) is 26.7 Å². The van der Waals surface area contributed by atoms with Crippen molar-refractivity contribution in [2.45, 2.75) is 25.9 Å². The number of rotatable bonds is 2. The molecule has 0 bridgehead atoms. The van der Waals surface area contributed by atoms with Crippen molar-refractivity contribution in [2.24, 2.45) is 0 Å². The largest absolute Gasteiger partial charge is 0.381 e. The highest BCUT2D eigenvalue weighted by molar-refractivity contribution is 7.80. The molecule has 1 N–H and O–H groups in total. The first-order valence-corrected chi connectivity index (χ1v) is 5.24. The van der Waals surface area contributed by atoms with Gasteiger partial charge in [0.25, 0.3) is 0 Å². The summed E-state index contributed by atoms with van der Waals surface area (Å²) in [6.07, 6.45) is 2.60. The molecule has 0 amide bonds. The molecule has 1 fully saturated rings. The van der Waals surface area contributed by atoms with E-state index < -0.39 is 0 Å². The number of nitrogens with zero attached hydrogens (tertiary/aromatic N) is 1. The van der Waals surface area contributed by atoms with Gasteiger partial charge in [-0.05, 0) is 32.0 Å². The van der Waals surface area contributed by atoms with Gasteiger partial charge in [0.1, 0.15) is 0 Å². The van der Waals surface area contributed by atoms with Crippen molar-refractivity contribution in [1.82, 2.24) is 10.2 Å². The van der Waals surface area contributed by atoms with Gasteiger partial charge in [0.15, 0.2) is 5.11 Å². The first-order valence-electron chi connectivity index (χ1n) is 4.83. The molecule has 1 heterocycles. The molecule has 76 valence electrons. The fraction of sp³-hybridized carbons (Fsp3) is 0.889. The molecular formula is C9H18N2OS. The SMILES string of the molecule is CCNC(=S)N1CCC(OC)CC1. The Balaban J connectivity index is 2.28. The van der Waals surface area contributed by atoms with Crippen LogP contribution < -0.4 is 5.32 Å². The Kier molecular flexibility index (Phi) is 4.45. The monoisotopic (exact) mass is 202 g/mol. The predicted molar refractivity (Wildman–Crippen MR) is 57.9 cm³/mol. The number of methoxy groups -OCH3 is 1. The summed E-state index contributed by atoms with van der Waals surface area (Å²) in [5.41, 5.74) is 0. The van der Waals surface area contributed by atoms with Gasteiger partial charge >= 0.3 is 0 Å². The van der Waals surface area contributed by atoms with Crippen molar-refractivity contribution in [2.75, 3.05) is 26.7 Å². The zero-order chi connectivity index (χ0) is 9.68. The fourth-order valence-electron chi connectivity index (χ4n) is 1.56. The highest BCUT2D eigenvalue weighted by Gasteiger charge is 2.19. The van der Waals surface area contributed by atoms with E-state index in [0.29, 0.717) is 6.10 Å². The summed E-state index contributed by atoms with van der Waals surface area (Å²) >= 11 is 5.22. The normalized spacial score (nSPS) is 18.8. The summed E-state index contributed by atoms with van der Waals surface area (Å²) < 4.78 is 5.29. The van der Waals surface area contributed by atoms with Gasteiger partial charge in [-0.1, -0.05) is 0 Å². The summed E-state index contributed by atoms with van der Waals surface area (Å²) in [4.78, 5) is 2.22. The minimum Gasteiger partial charge on any atom is -0.381 e. The van der Waals surface area contributed by atoms with Crippen LogP contribution in [-0.2, 0) is 4.74 Å². The van der Waals surface area contributed by atoms with E-state index in [1.165, 1.54) is 0 Å². The van der Waals surface area contributed by atoms with Crippen LogP contribution in [0, 0.1) is 0 Å². The molecule has 1 saturated heterocycles. The van der Waals surface area contributed by atoms with E-state index in [2.05, 4.69) is 17.1 Å². The third kappa shape index (κ3) is 3.12. The molecular weight excluding hydrogens is 184 g/mol. The van der Waals surface area contributed by atoms with Crippen LogP contribution in [0.4, 0.5) is 0 Å². The molecule has 0 unspecified atom stereocenters. The first kappa shape index (κ1) is 10.7. The van der Waals surface area contributed by atoms with E-state index in [9.17, 15) is 0 Å². The molecule has 0 aromatic rings. The average Bonchev–Trinajstić information content (AvgIpc) is 2.18. The molecule has 1 rings (SSSR count). The Morgan fingerprint density at radius 2 is 2.15 bits per heavy atom. The van der Waals surface area contributed by atoms with Crippen molar-refractivity contribution < 1.29 is 4.74 Å². The molecule has 0 spiro atoms. The second-order valence-corrected chi connectivity index (χ2v) is 3.64.